The molecule has 160 valence electrons. The normalized spacial score (nSPS) is 17.6. The second-order valence-corrected chi connectivity index (χ2v) is 9.06. The summed E-state index contributed by atoms with van der Waals surface area (Å²) in [4.78, 5) is 16.7. The SMILES string of the molecule is CCC(C)C(N)C(=O)N1CCN(CCNS(=O)(=O)c2ccc(C)cc2)CC1.Cl. The van der Waals surface area contributed by atoms with E-state index >= 15 is 0 Å². The van der Waals surface area contributed by atoms with Crippen LogP contribution in [0.1, 0.15) is 25.8 Å². The maximum atomic E-state index is 12.4. The number of amides is 1. The van der Waals surface area contributed by atoms with Crippen molar-refractivity contribution in [2.24, 2.45) is 11.7 Å². The molecule has 1 fully saturated rings. The van der Waals surface area contributed by atoms with E-state index in [-0.39, 0.29) is 29.1 Å². The minimum absolute atomic E-state index is 0. The molecular weight excluding hydrogens is 400 g/mol. The third-order valence-corrected chi connectivity index (χ3v) is 6.75. The monoisotopic (exact) mass is 432 g/mol. The van der Waals surface area contributed by atoms with Crippen LogP contribution in [0.2, 0.25) is 0 Å². The molecule has 7 nitrogen and oxygen atoms in total. The van der Waals surface area contributed by atoms with E-state index in [1.54, 1.807) is 24.3 Å². The number of halogens is 1. The van der Waals surface area contributed by atoms with Gasteiger partial charge < -0.3 is 10.6 Å². The van der Waals surface area contributed by atoms with E-state index in [1.165, 1.54) is 0 Å². The second kappa shape index (κ2) is 11.1. The number of aryl methyl sites for hydroxylation is 1. The first-order chi connectivity index (χ1) is 12.7. The number of hydrogen-bond donors (Lipinski definition) is 2. The van der Waals surface area contributed by atoms with E-state index in [4.69, 9.17) is 5.73 Å². The smallest absolute Gasteiger partial charge is 0.240 e. The molecule has 1 aliphatic rings. The van der Waals surface area contributed by atoms with Crippen molar-refractivity contribution < 1.29 is 13.2 Å². The van der Waals surface area contributed by atoms with E-state index in [0.29, 0.717) is 26.2 Å². The summed E-state index contributed by atoms with van der Waals surface area (Å²) >= 11 is 0. The highest BCUT2D eigenvalue weighted by molar-refractivity contribution is 7.89. The largest absolute Gasteiger partial charge is 0.339 e. The zero-order valence-electron chi connectivity index (χ0n) is 16.9. The Balaban J connectivity index is 0.00000392. The molecule has 1 aromatic carbocycles. The summed E-state index contributed by atoms with van der Waals surface area (Å²) < 4.78 is 27.2. The molecule has 9 heteroatoms. The molecular formula is C19H33ClN4O3S. The van der Waals surface area contributed by atoms with Gasteiger partial charge in [0.1, 0.15) is 0 Å². The molecule has 1 amide bonds. The standard InChI is InChI=1S/C19H32N4O3S.ClH/c1-4-16(3)18(20)19(24)23-13-11-22(12-14-23)10-9-21-27(25,26)17-7-5-15(2)6-8-17;/h5-8,16,18,21H,4,9-14,20H2,1-3H3;1H. The molecule has 0 aromatic heterocycles. The molecule has 1 aliphatic heterocycles. The highest BCUT2D eigenvalue weighted by Gasteiger charge is 2.27. The molecule has 1 saturated heterocycles. The number of nitrogens with one attached hydrogen (secondary N) is 1. The van der Waals surface area contributed by atoms with Gasteiger partial charge in [0, 0.05) is 39.3 Å². The maximum Gasteiger partial charge on any atom is 0.240 e. The Bertz CT molecular complexity index is 719. The lowest BCUT2D eigenvalue weighted by molar-refractivity contribution is -0.135. The molecule has 1 heterocycles. The number of sulfonamides is 1. The van der Waals surface area contributed by atoms with Gasteiger partial charge >= 0.3 is 0 Å². The molecule has 0 radical (unpaired) electrons. The summed E-state index contributed by atoms with van der Waals surface area (Å²) in [5, 5.41) is 0. The lowest BCUT2D eigenvalue weighted by Crippen LogP contribution is -2.55. The summed E-state index contributed by atoms with van der Waals surface area (Å²) in [5.41, 5.74) is 7.07. The van der Waals surface area contributed by atoms with Crippen LogP contribution in [0.25, 0.3) is 0 Å². The Kier molecular flexibility index (Phi) is 9.86. The zero-order valence-corrected chi connectivity index (χ0v) is 18.6. The van der Waals surface area contributed by atoms with Gasteiger partial charge in [0.15, 0.2) is 0 Å². The molecule has 0 bridgehead atoms. The average Bonchev–Trinajstić information content (AvgIpc) is 2.67. The van der Waals surface area contributed by atoms with Crippen LogP contribution in [0.3, 0.4) is 0 Å². The van der Waals surface area contributed by atoms with Crippen molar-refractivity contribution in [1.82, 2.24) is 14.5 Å². The van der Waals surface area contributed by atoms with E-state index in [2.05, 4.69) is 9.62 Å². The molecule has 3 N–H and O–H groups in total. The van der Waals surface area contributed by atoms with Gasteiger partial charge in [0.2, 0.25) is 15.9 Å². The van der Waals surface area contributed by atoms with Crippen LogP contribution in [-0.2, 0) is 14.8 Å². The summed E-state index contributed by atoms with van der Waals surface area (Å²) in [7, 11) is -3.48. The fourth-order valence-electron chi connectivity index (χ4n) is 3.04. The van der Waals surface area contributed by atoms with Crippen molar-refractivity contribution in [3.05, 3.63) is 29.8 Å². The quantitative estimate of drug-likeness (QED) is 0.643. The number of carbonyl (C=O) groups excluding carboxylic acids is 1. The molecule has 0 saturated carbocycles. The third kappa shape index (κ3) is 6.70. The number of carbonyl (C=O) groups is 1. The fraction of sp³-hybridized carbons (Fsp3) is 0.632. The highest BCUT2D eigenvalue weighted by Crippen LogP contribution is 2.12. The number of piperazine rings is 1. The van der Waals surface area contributed by atoms with Crippen LogP contribution >= 0.6 is 12.4 Å². The lowest BCUT2D eigenvalue weighted by Gasteiger charge is -2.36. The first-order valence-electron chi connectivity index (χ1n) is 9.57. The van der Waals surface area contributed by atoms with E-state index in [0.717, 1.165) is 25.1 Å². The number of nitrogens with two attached hydrogens (primary N) is 1. The van der Waals surface area contributed by atoms with Crippen molar-refractivity contribution in [1.29, 1.82) is 0 Å². The van der Waals surface area contributed by atoms with Crippen molar-refractivity contribution in [3.63, 3.8) is 0 Å². The van der Waals surface area contributed by atoms with E-state index < -0.39 is 16.1 Å². The Hall–Kier alpha value is -1.19. The number of rotatable bonds is 8. The van der Waals surface area contributed by atoms with Gasteiger partial charge in [0.05, 0.1) is 10.9 Å². The zero-order chi connectivity index (χ0) is 20.0. The number of nitrogens with zero attached hydrogens (tertiary/aromatic N) is 2. The Morgan fingerprint density at radius 3 is 2.29 bits per heavy atom. The molecule has 0 aliphatic carbocycles. The lowest BCUT2D eigenvalue weighted by atomic mass is 9.98. The predicted molar refractivity (Wildman–Crippen MR) is 114 cm³/mol. The van der Waals surface area contributed by atoms with Crippen molar-refractivity contribution in [2.45, 2.75) is 38.1 Å². The molecule has 0 spiro atoms. The van der Waals surface area contributed by atoms with Crippen LogP contribution in [0.4, 0.5) is 0 Å². The predicted octanol–water partition coefficient (Wildman–Crippen LogP) is 1.21. The Morgan fingerprint density at radius 1 is 1.18 bits per heavy atom. The van der Waals surface area contributed by atoms with Gasteiger partial charge in [-0.3, -0.25) is 9.69 Å². The highest BCUT2D eigenvalue weighted by atomic mass is 35.5. The van der Waals surface area contributed by atoms with E-state index in [9.17, 15) is 13.2 Å². The maximum absolute atomic E-state index is 12.4. The molecule has 28 heavy (non-hydrogen) atoms. The van der Waals surface area contributed by atoms with Gasteiger partial charge in [-0.2, -0.15) is 0 Å². The van der Waals surface area contributed by atoms with Gasteiger partial charge in [-0.15, -0.1) is 12.4 Å². The van der Waals surface area contributed by atoms with Crippen molar-refractivity contribution in [3.8, 4) is 0 Å². The fourth-order valence-corrected chi connectivity index (χ4v) is 4.06. The second-order valence-electron chi connectivity index (χ2n) is 7.29. The Morgan fingerprint density at radius 2 is 1.75 bits per heavy atom. The number of benzene rings is 1. The molecule has 2 rings (SSSR count). The van der Waals surface area contributed by atoms with Gasteiger partial charge in [0.25, 0.3) is 0 Å². The summed E-state index contributed by atoms with van der Waals surface area (Å²) in [6.45, 7) is 9.63. The minimum atomic E-state index is -3.48. The first-order valence-corrected chi connectivity index (χ1v) is 11.1. The van der Waals surface area contributed by atoms with Crippen LogP contribution in [0.15, 0.2) is 29.2 Å². The van der Waals surface area contributed by atoms with Gasteiger partial charge in [-0.05, 0) is 25.0 Å². The van der Waals surface area contributed by atoms with Gasteiger partial charge in [-0.1, -0.05) is 38.0 Å². The Labute approximate surface area is 175 Å². The topological polar surface area (TPSA) is 95.7 Å². The molecule has 2 unspecified atom stereocenters. The third-order valence-electron chi connectivity index (χ3n) is 5.28. The summed E-state index contributed by atoms with van der Waals surface area (Å²) in [5.74, 6) is 0.191. The molecule has 1 aromatic rings. The summed E-state index contributed by atoms with van der Waals surface area (Å²) in [6.07, 6.45) is 0.883. The van der Waals surface area contributed by atoms with Crippen molar-refractivity contribution >= 4 is 28.3 Å². The van der Waals surface area contributed by atoms with Gasteiger partial charge in [-0.25, -0.2) is 13.1 Å². The first kappa shape index (κ1) is 24.8. The van der Waals surface area contributed by atoms with Crippen LogP contribution in [-0.4, -0.2) is 69.4 Å². The van der Waals surface area contributed by atoms with Crippen LogP contribution in [0.5, 0.6) is 0 Å². The summed E-state index contributed by atoms with van der Waals surface area (Å²) in [6, 6.07) is 6.36. The average molecular weight is 433 g/mol. The van der Waals surface area contributed by atoms with Crippen LogP contribution < -0.4 is 10.5 Å². The van der Waals surface area contributed by atoms with Crippen LogP contribution in [0, 0.1) is 12.8 Å². The van der Waals surface area contributed by atoms with Crippen molar-refractivity contribution in [2.75, 3.05) is 39.3 Å². The van der Waals surface area contributed by atoms with E-state index in [1.807, 2.05) is 25.7 Å². The minimum Gasteiger partial charge on any atom is -0.339 e. The molecule has 2 atom stereocenters. The number of hydrogen-bond acceptors (Lipinski definition) is 5.